The minimum Gasteiger partial charge on any atom is -0.494 e. The third kappa shape index (κ3) is 3.77. The summed E-state index contributed by atoms with van der Waals surface area (Å²) in [6, 6.07) is 7.42. The van der Waals surface area contributed by atoms with Crippen LogP contribution in [0.3, 0.4) is 0 Å². The molecule has 0 aliphatic heterocycles. The molecule has 0 atom stereocenters. The monoisotopic (exact) mass is 343 g/mol. The maximum atomic E-state index is 12.2. The summed E-state index contributed by atoms with van der Waals surface area (Å²) in [7, 11) is 1.59. The number of para-hydroxylation sites is 2. The molecule has 0 aliphatic carbocycles. The first-order valence-corrected chi connectivity index (χ1v) is 7.57. The summed E-state index contributed by atoms with van der Waals surface area (Å²) in [6.45, 7) is 2.28. The Bertz CT molecular complexity index is 858. The molecule has 3 rings (SSSR count). The van der Waals surface area contributed by atoms with Crippen LogP contribution in [0.4, 0.5) is 0 Å². The van der Waals surface area contributed by atoms with Gasteiger partial charge in [0.05, 0.1) is 25.4 Å². The number of ether oxygens (including phenoxy) is 2. The minimum atomic E-state index is -0.250. The lowest BCUT2D eigenvalue weighted by Crippen LogP contribution is -2.27. The van der Waals surface area contributed by atoms with Gasteiger partial charge in [-0.1, -0.05) is 17.3 Å². The second-order valence-electron chi connectivity index (χ2n) is 5.10. The van der Waals surface area contributed by atoms with Gasteiger partial charge >= 0.3 is 0 Å². The number of methoxy groups -OCH3 is 1. The van der Waals surface area contributed by atoms with Crippen molar-refractivity contribution in [3.8, 4) is 17.3 Å². The molecule has 0 fully saturated rings. The molecule has 0 saturated heterocycles. The van der Waals surface area contributed by atoms with Crippen LogP contribution in [0.2, 0.25) is 0 Å². The van der Waals surface area contributed by atoms with Crippen molar-refractivity contribution in [1.82, 2.24) is 25.4 Å². The average molecular weight is 343 g/mol. The van der Waals surface area contributed by atoms with E-state index in [-0.39, 0.29) is 12.5 Å². The van der Waals surface area contributed by atoms with Crippen LogP contribution in [-0.2, 0) is 0 Å². The lowest BCUT2D eigenvalue weighted by molar-refractivity contribution is 0.0946. The molecule has 0 bridgehead atoms. The summed E-state index contributed by atoms with van der Waals surface area (Å²) < 4.78 is 16.8. The lowest BCUT2D eigenvalue weighted by atomic mass is 10.3. The number of hydrogen-bond acceptors (Lipinski definition) is 7. The molecule has 0 saturated carbocycles. The van der Waals surface area contributed by atoms with E-state index in [4.69, 9.17) is 9.47 Å². The topological polar surface area (TPSA) is 104 Å². The van der Waals surface area contributed by atoms with E-state index in [1.54, 1.807) is 24.9 Å². The van der Waals surface area contributed by atoms with E-state index in [9.17, 15) is 4.79 Å². The number of aryl methyl sites for hydroxylation is 1. The van der Waals surface area contributed by atoms with Crippen molar-refractivity contribution >= 4 is 5.91 Å². The van der Waals surface area contributed by atoms with Gasteiger partial charge in [0.1, 0.15) is 23.7 Å². The number of benzene rings is 1. The Kier molecular flexibility index (Phi) is 4.93. The lowest BCUT2D eigenvalue weighted by Gasteiger charge is -2.07. The SMILES string of the molecule is COc1ccccc1-n1cc(C(=O)NCCOc2nonc2C)cn1. The highest BCUT2D eigenvalue weighted by atomic mass is 16.6. The van der Waals surface area contributed by atoms with Crippen molar-refractivity contribution < 1.29 is 18.9 Å². The molecule has 0 unspecified atom stereocenters. The molecule has 1 N–H and O–H groups in total. The zero-order chi connectivity index (χ0) is 17.6. The molecule has 9 heteroatoms. The molecular formula is C16H17N5O4. The van der Waals surface area contributed by atoms with Crippen molar-refractivity contribution in [2.75, 3.05) is 20.3 Å². The fraction of sp³-hybridized carbons (Fsp3) is 0.250. The van der Waals surface area contributed by atoms with Gasteiger partial charge in [-0.05, 0) is 24.2 Å². The van der Waals surface area contributed by atoms with Gasteiger partial charge in [-0.3, -0.25) is 4.79 Å². The summed E-state index contributed by atoms with van der Waals surface area (Å²) in [6.07, 6.45) is 3.13. The zero-order valence-electron chi connectivity index (χ0n) is 13.8. The standard InChI is InChI=1S/C16H17N5O4/c1-11-16(20-25-19-11)24-8-7-17-15(22)12-9-18-21(10-12)13-5-3-4-6-14(13)23-2/h3-6,9-10H,7-8H2,1-2H3,(H,17,22). The van der Waals surface area contributed by atoms with E-state index < -0.39 is 0 Å². The molecule has 2 aromatic heterocycles. The fourth-order valence-corrected chi connectivity index (χ4v) is 2.16. The van der Waals surface area contributed by atoms with Crippen LogP contribution < -0.4 is 14.8 Å². The Labute approximate surface area is 143 Å². The van der Waals surface area contributed by atoms with Crippen LogP contribution in [0.15, 0.2) is 41.3 Å². The van der Waals surface area contributed by atoms with Crippen LogP contribution in [0, 0.1) is 6.92 Å². The second-order valence-corrected chi connectivity index (χ2v) is 5.10. The van der Waals surface area contributed by atoms with Crippen LogP contribution >= 0.6 is 0 Å². The number of carbonyl (C=O) groups is 1. The summed E-state index contributed by atoms with van der Waals surface area (Å²) in [5.41, 5.74) is 1.75. The molecular weight excluding hydrogens is 326 g/mol. The summed E-state index contributed by atoms with van der Waals surface area (Å²) in [5.74, 6) is 0.737. The molecule has 9 nitrogen and oxygen atoms in total. The van der Waals surface area contributed by atoms with Crippen molar-refractivity contribution in [2.45, 2.75) is 6.92 Å². The van der Waals surface area contributed by atoms with Crippen molar-refractivity contribution in [2.24, 2.45) is 0 Å². The number of nitrogens with one attached hydrogen (secondary N) is 1. The second kappa shape index (κ2) is 7.47. The number of amides is 1. The highest BCUT2D eigenvalue weighted by Gasteiger charge is 2.12. The summed E-state index contributed by atoms with van der Waals surface area (Å²) in [5, 5.41) is 14.2. The number of carbonyl (C=O) groups excluding carboxylic acids is 1. The van der Waals surface area contributed by atoms with Gasteiger partial charge < -0.3 is 14.8 Å². The Balaban J connectivity index is 1.56. The number of nitrogens with zero attached hydrogens (tertiary/aromatic N) is 4. The maximum Gasteiger partial charge on any atom is 0.278 e. The quantitative estimate of drug-likeness (QED) is 0.646. The Morgan fingerprint density at radius 3 is 2.92 bits per heavy atom. The molecule has 0 radical (unpaired) electrons. The molecule has 0 spiro atoms. The first kappa shape index (κ1) is 16.5. The maximum absolute atomic E-state index is 12.2. The van der Waals surface area contributed by atoms with Crippen molar-refractivity contribution in [1.29, 1.82) is 0 Å². The summed E-state index contributed by atoms with van der Waals surface area (Å²) in [4.78, 5) is 12.2. The predicted octanol–water partition coefficient (Wildman–Crippen LogP) is 1.38. The normalized spacial score (nSPS) is 10.5. The Morgan fingerprint density at radius 2 is 2.16 bits per heavy atom. The van der Waals surface area contributed by atoms with Gasteiger partial charge in [0.25, 0.3) is 11.8 Å². The number of rotatable bonds is 7. The predicted molar refractivity (Wildman–Crippen MR) is 87.0 cm³/mol. The van der Waals surface area contributed by atoms with Gasteiger partial charge in [0, 0.05) is 6.20 Å². The van der Waals surface area contributed by atoms with Gasteiger partial charge in [0.2, 0.25) is 0 Å². The first-order chi connectivity index (χ1) is 12.2. The Morgan fingerprint density at radius 1 is 1.32 bits per heavy atom. The molecule has 1 amide bonds. The van der Waals surface area contributed by atoms with Crippen molar-refractivity contribution in [3.05, 3.63) is 47.9 Å². The van der Waals surface area contributed by atoms with Gasteiger partial charge in [-0.2, -0.15) is 5.10 Å². The van der Waals surface area contributed by atoms with Crippen LogP contribution in [0.25, 0.3) is 5.69 Å². The third-order valence-corrected chi connectivity index (χ3v) is 3.41. The van der Waals surface area contributed by atoms with E-state index in [2.05, 4.69) is 25.4 Å². The molecule has 130 valence electrons. The van der Waals surface area contributed by atoms with Gasteiger partial charge in [-0.15, -0.1) is 0 Å². The molecule has 25 heavy (non-hydrogen) atoms. The number of hydrogen-bond donors (Lipinski definition) is 1. The van der Waals surface area contributed by atoms with Gasteiger partial charge in [-0.25, -0.2) is 9.31 Å². The van der Waals surface area contributed by atoms with E-state index in [0.717, 1.165) is 5.69 Å². The first-order valence-electron chi connectivity index (χ1n) is 7.57. The van der Waals surface area contributed by atoms with E-state index >= 15 is 0 Å². The molecule has 1 aromatic carbocycles. The molecule has 0 aliphatic rings. The van der Waals surface area contributed by atoms with Crippen LogP contribution in [0.5, 0.6) is 11.6 Å². The smallest absolute Gasteiger partial charge is 0.278 e. The highest BCUT2D eigenvalue weighted by Crippen LogP contribution is 2.21. The third-order valence-electron chi connectivity index (χ3n) is 3.41. The van der Waals surface area contributed by atoms with Crippen LogP contribution in [-0.4, -0.2) is 46.3 Å². The van der Waals surface area contributed by atoms with Gasteiger partial charge in [0.15, 0.2) is 0 Å². The van der Waals surface area contributed by atoms with E-state index in [0.29, 0.717) is 29.4 Å². The summed E-state index contributed by atoms with van der Waals surface area (Å²) >= 11 is 0. The highest BCUT2D eigenvalue weighted by molar-refractivity contribution is 5.93. The molecule has 3 aromatic rings. The van der Waals surface area contributed by atoms with Crippen molar-refractivity contribution in [3.63, 3.8) is 0 Å². The minimum absolute atomic E-state index is 0.250. The fourth-order valence-electron chi connectivity index (χ4n) is 2.16. The largest absolute Gasteiger partial charge is 0.494 e. The van der Waals surface area contributed by atoms with Crippen LogP contribution in [0.1, 0.15) is 16.1 Å². The Hall–Kier alpha value is -3.36. The van der Waals surface area contributed by atoms with E-state index in [1.165, 1.54) is 6.20 Å². The average Bonchev–Trinajstić information content (AvgIpc) is 3.28. The number of aromatic nitrogens is 4. The molecule has 2 heterocycles. The van der Waals surface area contributed by atoms with E-state index in [1.807, 2.05) is 24.3 Å². The zero-order valence-corrected chi connectivity index (χ0v) is 13.8.